The summed E-state index contributed by atoms with van der Waals surface area (Å²) >= 11 is 0. The fourth-order valence-corrected chi connectivity index (χ4v) is 2.21. The van der Waals surface area contributed by atoms with Gasteiger partial charge in [0, 0.05) is 36.7 Å². The standard InChI is InChI=1S/C13H18N4/c1-11-10-13(2-6-15-11)16-12-3-7-17(8-4-12)9-5-14/h2,6,10,12H,3-4,7-9H2,1H3,(H,15,16). The quantitative estimate of drug-likeness (QED) is 0.804. The normalized spacial score (nSPS) is 17.6. The van der Waals surface area contributed by atoms with E-state index in [-0.39, 0.29) is 0 Å². The molecule has 0 atom stereocenters. The lowest BCUT2D eigenvalue weighted by Gasteiger charge is -2.31. The Labute approximate surface area is 102 Å². The van der Waals surface area contributed by atoms with Gasteiger partial charge in [0.15, 0.2) is 0 Å². The number of aryl methyl sites for hydroxylation is 1. The van der Waals surface area contributed by atoms with Crippen LogP contribution >= 0.6 is 0 Å². The van der Waals surface area contributed by atoms with E-state index in [0.29, 0.717) is 12.6 Å². The number of nitrogens with one attached hydrogen (secondary N) is 1. The van der Waals surface area contributed by atoms with Crippen LogP contribution < -0.4 is 5.32 Å². The molecule has 4 heteroatoms. The summed E-state index contributed by atoms with van der Waals surface area (Å²) in [5.41, 5.74) is 2.19. The van der Waals surface area contributed by atoms with E-state index in [9.17, 15) is 0 Å². The summed E-state index contributed by atoms with van der Waals surface area (Å²) in [7, 11) is 0. The Bertz CT molecular complexity index is 402. The molecule has 4 nitrogen and oxygen atoms in total. The molecule has 1 saturated heterocycles. The van der Waals surface area contributed by atoms with Crippen LogP contribution in [0.2, 0.25) is 0 Å². The highest BCUT2D eigenvalue weighted by Crippen LogP contribution is 2.16. The molecule has 1 aliphatic heterocycles. The van der Waals surface area contributed by atoms with Crippen molar-refractivity contribution in [2.45, 2.75) is 25.8 Å². The van der Waals surface area contributed by atoms with Crippen molar-refractivity contribution in [1.82, 2.24) is 9.88 Å². The third-order valence-electron chi connectivity index (χ3n) is 3.15. The van der Waals surface area contributed by atoms with E-state index in [1.807, 2.05) is 19.2 Å². The van der Waals surface area contributed by atoms with Gasteiger partial charge < -0.3 is 5.32 Å². The van der Waals surface area contributed by atoms with Gasteiger partial charge >= 0.3 is 0 Å². The Morgan fingerprint density at radius 1 is 1.53 bits per heavy atom. The van der Waals surface area contributed by atoms with Gasteiger partial charge in [0.05, 0.1) is 12.6 Å². The monoisotopic (exact) mass is 230 g/mol. The van der Waals surface area contributed by atoms with Gasteiger partial charge in [0.25, 0.3) is 0 Å². The van der Waals surface area contributed by atoms with Crippen molar-refractivity contribution >= 4 is 5.69 Å². The molecule has 0 unspecified atom stereocenters. The second-order valence-corrected chi connectivity index (χ2v) is 4.54. The lowest BCUT2D eigenvalue weighted by molar-refractivity contribution is 0.242. The van der Waals surface area contributed by atoms with Gasteiger partial charge in [0.1, 0.15) is 0 Å². The Morgan fingerprint density at radius 3 is 2.94 bits per heavy atom. The number of hydrogen-bond donors (Lipinski definition) is 1. The first kappa shape index (κ1) is 11.9. The molecule has 0 bridgehead atoms. The molecule has 2 heterocycles. The lowest BCUT2D eigenvalue weighted by atomic mass is 10.0. The molecule has 2 rings (SSSR count). The van der Waals surface area contributed by atoms with Gasteiger partial charge in [-0.15, -0.1) is 0 Å². The highest BCUT2D eigenvalue weighted by atomic mass is 15.1. The van der Waals surface area contributed by atoms with Crippen molar-refractivity contribution in [1.29, 1.82) is 5.26 Å². The van der Waals surface area contributed by atoms with E-state index in [4.69, 9.17) is 5.26 Å². The Kier molecular flexibility index (Phi) is 3.94. The molecule has 1 N–H and O–H groups in total. The molecule has 90 valence electrons. The molecule has 1 aromatic heterocycles. The third-order valence-corrected chi connectivity index (χ3v) is 3.15. The first-order chi connectivity index (χ1) is 8.28. The zero-order chi connectivity index (χ0) is 12.1. The van der Waals surface area contributed by atoms with Crippen LogP contribution in [0.3, 0.4) is 0 Å². The lowest BCUT2D eigenvalue weighted by Crippen LogP contribution is -2.39. The van der Waals surface area contributed by atoms with E-state index in [1.54, 1.807) is 0 Å². The highest BCUT2D eigenvalue weighted by Gasteiger charge is 2.18. The van der Waals surface area contributed by atoms with E-state index < -0.39 is 0 Å². The van der Waals surface area contributed by atoms with Crippen LogP contribution in [0.4, 0.5) is 5.69 Å². The Balaban J connectivity index is 1.84. The average molecular weight is 230 g/mol. The minimum absolute atomic E-state index is 0.520. The summed E-state index contributed by atoms with van der Waals surface area (Å²) in [5, 5.41) is 12.2. The summed E-state index contributed by atoms with van der Waals surface area (Å²) in [4.78, 5) is 6.39. The number of hydrogen-bond acceptors (Lipinski definition) is 4. The molecule has 0 amide bonds. The number of rotatable bonds is 3. The molecule has 0 aromatic carbocycles. The molecule has 0 spiro atoms. The first-order valence-corrected chi connectivity index (χ1v) is 6.06. The van der Waals surface area contributed by atoms with Crippen molar-refractivity contribution < 1.29 is 0 Å². The summed E-state index contributed by atoms with van der Waals surface area (Å²) in [6, 6.07) is 6.81. The van der Waals surface area contributed by atoms with E-state index in [1.165, 1.54) is 0 Å². The van der Waals surface area contributed by atoms with Crippen LogP contribution in [-0.4, -0.2) is 35.6 Å². The number of nitrogens with zero attached hydrogens (tertiary/aromatic N) is 3. The van der Waals surface area contributed by atoms with Crippen LogP contribution in [0.15, 0.2) is 18.3 Å². The summed E-state index contributed by atoms with van der Waals surface area (Å²) in [6.07, 6.45) is 4.04. The molecule has 0 radical (unpaired) electrons. The van der Waals surface area contributed by atoms with Crippen LogP contribution in [0.1, 0.15) is 18.5 Å². The Hall–Kier alpha value is -1.60. The molecule has 1 aromatic rings. The van der Waals surface area contributed by atoms with E-state index >= 15 is 0 Å². The maximum Gasteiger partial charge on any atom is 0.0866 e. The zero-order valence-electron chi connectivity index (χ0n) is 10.2. The van der Waals surface area contributed by atoms with Gasteiger partial charge in [-0.3, -0.25) is 9.88 Å². The van der Waals surface area contributed by atoms with Crippen molar-refractivity contribution in [2.75, 3.05) is 25.0 Å². The van der Waals surface area contributed by atoms with Crippen molar-refractivity contribution in [3.05, 3.63) is 24.0 Å². The molecule has 17 heavy (non-hydrogen) atoms. The maximum atomic E-state index is 8.64. The van der Waals surface area contributed by atoms with Gasteiger partial charge in [0.2, 0.25) is 0 Å². The fourth-order valence-electron chi connectivity index (χ4n) is 2.21. The van der Waals surface area contributed by atoms with Crippen molar-refractivity contribution in [2.24, 2.45) is 0 Å². The van der Waals surface area contributed by atoms with E-state index in [2.05, 4.69) is 27.3 Å². The predicted octanol–water partition coefficient (Wildman–Crippen LogP) is 1.79. The van der Waals surface area contributed by atoms with E-state index in [0.717, 1.165) is 37.3 Å². The highest BCUT2D eigenvalue weighted by molar-refractivity contribution is 5.43. The minimum atomic E-state index is 0.520. The predicted molar refractivity (Wildman–Crippen MR) is 67.7 cm³/mol. The third kappa shape index (κ3) is 3.43. The number of anilines is 1. The molecular weight excluding hydrogens is 212 g/mol. The summed E-state index contributed by atoms with van der Waals surface area (Å²) in [6.45, 7) is 4.58. The molecular formula is C13H18N4. The van der Waals surface area contributed by atoms with Gasteiger partial charge in [-0.1, -0.05) is 0 Å². The number of aromatic nitrogens is 1. The number of likely N-dealkylation sites (tertiary alicyclic amines) is 1. The minimum Gasteiger partial charge on any atom is -0.382 e. The van der Waals surface area contributed by atoms with Crippen molar-refractivity contribution in [3.63, 3.8) is 0 Å². The largest absolute Gasteiger partial charge is 0.382 e. The molecule has 1 aliphatic rings. The second-order valence-electron chi connectivity index (χ2n) is 4.54. The smallest absolute Gasteiger partial charge is 0.0866 e. The van der Waals surface area contributed by atoms with Gasteiger partial charge in [-0.2, -0.15) is 5.26 Å². The van der Waals surface area contributed by atoms with Gasteiger partial charge in [-0.05, 0) is 31.9 Å². The molecule has 0 saturated carbocycles. The van der Waals surface area contributed by atoms with Crippen LogP contribution in [0, 0.1) is 18.3 Å². The van der Waals surface area contributed by atoms with Gasteiger partial charge in [-0.25, -0.2) is 0 Å². The zero-order valence-corrected chi connectivity index (χ0v) is 10.2. The first-order valence-electron chi connectivity index (χ1n) is 6.06. The van der Waals surface area contributed by atoms with Crippen LogP contribution in [-0.2, 0) is 0 Å². The number of nitriles is 1. The number of pyridine rings is 1. The van der Waals surface area contributed by atoms with Crippen molar-refractivity contribution in [3.8, 4) is 6.07 Å². The molecule has 0 aliphatic carbocycles. The topological polar surface area (TPSA) is 52.0 Å². The number of piperidine rings is 1. The van der Waals surface area contributed by atoms with Crippen LogP contribution in [0.25, 0.3) is 0 Å². The summed E-state index contributed by atoms with van der Waals surface area (Å²) < 4.78 is 0. The Morgan fingerprint density at radius 2 is 2.29 bits per heavy atom. The fraction of sp³-hybridized carbons (Fsp3) is 0.538. The second kappa shape index (κ2) is 5.65. The molecule has 1 fully saturated rings. The van der Waals surface area contributed by atoms with Crippen LogP contribution in [0.5, 0.6) is 0 Å². The maximum absolute atomic E-state index is 8.64. The average Bonchev–Trinajstić information content (AvgIpc) is 2.32. The summed E-state index contributed by atoms with van der Waals surface area (Å²) in [5.74, 6) is 0. The SMILES string of the molecule is Cc1cc(NC2CCN(CC#N)CC2)ccn1.